The van der Waals surface area contributed by atoms with Crippen LogP contribution >= 0.6 is 0 Å². The number of nitrogens with one attached hydrogen (secondary N) is 1. The van der Waals surface area contributed by atoms with Crippen molar-refractivity contribution in [1.29, 1.82) is 0 Å². The van der Waals surface area contributed by atoms with Crippen LogP contribution in [0, 0.1) is 6.92 Å². The van der Waals surface area contributed by atoms with Gasteiger partial charge in [-0.15, -0.1) is 0 Å². The van der Waals surface area contributed by atoms with Crippen molar-refractivity contribution in [3.63, 3.8) is 0 Å². The van der Waals surface area contributed by atoms with Crippen LogP contribution in [-0.4, -0.2) is 28.6 Å². The summed E-state index contributed by atoms with van der Waals surface area (Å²) in [6.45, 7) is 11.2. The van der Waals surface area contributed by atoms with Gasteiger partial charge in [-0.2, -0.15) is 0 Å². The molecule has 0 aliphatic carbocycles. The summed E-state index contributed by atoms with van der Waals surface area (Å²) in [5.74, 6) is 1.44. The van der Waals surface area contributed by atoms with Crippen molar-refractivity contribution in [2.75, 3.05) is 23.3 Å². The monoisotopic (exact) mass is 336 g/mol. The zero-order chi connectivity index (χ0) is 17.6. The molecule has 3 heterocycles. The summed E-state index contributed by atoms with van der Waals surface area (Å²) in [5.41, 5.74) is 6.33. The van der Waals surface area contributed by atoms with Gasteiger partial charge in [-0.25, -0.2) is 9.97 Å². The molecule has 132 valence electrons. The van der Waals surface area contributed by atoms with E-state index in [1.807, 2.05) is 12.3 Å². The molecule has 0 unspecified atom stereocenters. The number of benzene rings is 1. The molecule has 2 aromatic rings. The highest BCUT2D eigenvalue weighted by molar-refractivity contribution is 5.73. The second kappa shape index (κ2) is 6.01. The van der Waals surface area contributed by atoms with E-state index in [-0.39, 0.29) is 5.54 Å². The average molecular weight is 336 g/mol. The number of hydrogen-bond acceptors (Lipinski definition) is 4. The first-order valence-electron chi connectivity index (χ1n) is 9.44. The molecule has 2 aliphatic heterocycles. The molecular formula is C21H28N4. The lowest BCUT2D eigenvalue weighted by molar-refractivity contribution is 0.454. The van der Waals surface area contributed by atoms with Crippen molar-refractivity contribution < 1.29 is 0 Å². The van der Waals surface area contributed by atoms with Gasteiger partial charge in [0.15, 0.2) is 0 Å². The van der Waals surface area contributed by atoms with Crippen molar-refractivity contribution in [3.05, 3.63) is 35.5 Å². The van der Waals surface area contributed by atoms with Crippen LogP contribution in [-0.2, 0) is 0 Å². The summed E-state index contributed by atoms with van der Waals surface area (Å²) in [5, 5.41) is 3.72. The predicted molar refractivity (Wildman–Crippen MR) is 104 cm³/mol. The van der Waals surface area contributed by atoms with Crippen LogP contribution in [0.15, 0.2) is 24.4 Å². The maximum atomic E-state index is 4.88. The van der Waals surface area contributed by atoms with E-state index >= 15 is 0 Å². The van der Waals surface area contributed by atoms with Gasteiger partial charge in [-0.1, -0.05) is 13.0 Å². The third-order valence-corrected chi connectivity index (χ3v) is 5.52. The molecule has 1 atom stereocenters. The molecule has 1 saturated heterocycles. The van der Waals surface area contributed by atoms with E-state index in [0.29, 0.717) is 5.92 Å². The van der Waals surface area contributed by atoms with E-state index in [4.69, 9.17) is 4.98 Å². The van der Waals surface area contributed by atoms with Crippen molar-refractivity contribution >= 4 is 11.6 Å². The number of fused-ring (bicyclic) bond motifs is 1. The SMILES string of the molecule is Cc1cc2c(cc1-c1ccnc(N3CCCC3)n1)NC(C)(C)C[C@@H]2C. The van der Waals surface area contributed by atoms with Crippen LogP contribution in [0.3, 0.4) is 0 Å². The number of anilines is 2. The highest BCUT2D eigenvalue weighted by atomic mass is 15.3. The number of rotatable bonds is 2. The highest BCUT2D eigenvalue weighted by Crippen LogP contribution is 2.41. The Morgan fingerprint density at radius 3 is 2.72 bits per heavy atom. The van der Waals surface area contributed by atoms with Crippen LogP contribution in [0.4, 0.5) is 11.6 Å². The van der Waals surface area contributed by atoms with Gasteiger partial charge in [-0.3, -0.25) is 0 Å². The summed E-state index contributed by atoms with van der Waals surface area (Å²) < 4.78 is 0. The fourth-order valence-corrected chi connectivity index (χ4v) is 4.38. The van der Waals surface area contributed by atoms with Crippen LogP contribution in [0.1, 0.15) is 57.1 Å². The summed E-state index contributed by atoms with van der Waals surface area (Å²) in [6.07, 6.45) is 5.53. The Balaban J connectivity index is 1.75. The van der Waals surface area contributed by atoms with E-state index in [1.165, 1.54) is 35.2 Å². The van der Waals surface area contributed by atoms with Crippen molar-refractivity contribution in [2.24, 2.45) is 0 Å². The molecular weight excluding hydrogens is 308 g/mol. The molecule has 0 radical (unpaired) electrons. The minimum absolute atomic E-state index is 0.130. The molecule has 1 N–H and O–H groups in total. The highest BCUT2D eigenvalue weighted by Gasteiger charge is 2.30. The van der Waals surface area contributed by atoms with Crippen LogP contribution in [0.2, 0.25) is 0 Å². The zero-order valence-electron chi connectivity index (χ0n) is 15.8. The molecule has 0 amide bonds. The van der Waals surface area contributed by atoms with Crippen LogP contribution < -0.4 is 10.2 Å². The van der Waals surface area contributed by atoms with Crippen molar-refractivity contribution in [2.45, 2.75) is 58.4 Å². The lowest BCUT2D eigenvalue weighted by Crippen LogP contribution is -2.36. The lowest BCUT2D eigenvalue weighted by atomic mass is 9.80. The first-order valence-corrected chi connectivity index (χ1v) is 9.44. The van der Waals surface area contributed by atoms with Gasteiger partial charge in [0.25, 0.3) is 0 Å². The lowest BCUT2D eigenvalue weighted by Gasteiger charge is -2.38. The summed E-state index contributed by atoms with van der Waals surface area (Å²) in [7, 11) is 0. The number of nitrogens with zero attached hydrogens (tertiary/aromatic N) is 3. The third-order valence-electron chi connectivity index (χ3n) is 5.52. The fourth-order valence-electron chi connectivity index (χ4n) is 4.38. The molecule has 1 aromatic carbocycles. The van der Waals surface area contributed by atoms with E-state index in [9.17, 15) is 0 Å². The van der Waals surface area contributed by atoms with Crippen LogP contribution in [0.25, 0.3) is 11.3 Å². The first kappa shape index (κ1) is 16.4. The maximum absolute atomic E-state index is 4.88. The summed E-state index contributed by atoms with van der Waals surface area (Å²) in [4.78, 5) is 11.7. The van der Waals surface area contributed by atoms with Gasteiger partial charge in [0.2, 0.25) is 5.95 Å². The Morgan fingerprint density at radius 2 is 1.96 bits per heavy atom. The van der Waals surface area contributed by atoms with Gasteiger partial charge in [0, 0.05) is 36.1 Å². The van der Waals surface area contributed by atoms with Crippen LogP contribution in [0.5, 0.6) is 0 Å². The molecule has 0 saturated carbocycles. The van der Waals surface area contributed by atoms with E-state index in [0.717, 1.165) is 31.2 Å². The molecule has 0 spiro atoms. The molecule has 25 heavy (non-hydrogen) atoms. The quantitative estimate of drug-likeness (QED) is 0.859. The topological polar surface area (TPSA) is 41.1 Å². The van der Waals surface area contributed by atoms with Gasteiger partial charge >= 0.3 is 0 Å². The average Bonchev–Trinajstić information content (AvgIpc) is 3.09. The maximum Gasteiger partial charge on any atom is 0.225 e. The zero-order valence-corrected chi connectivity index (χ0v) is 15.8. The Morgan fingerprint density at radius 1 is 1.20 bits per heavy atom. The second-order valence-corrected chi connectivity index (χ2v) is 8.30. The fraction of sp³-hybridized carbons (Fsp3) is 0.524. The number of aromatic nitrogens is 2. The smallest absolute Gasteiger partial charge is 0.225 e. The molecule has 4 rings (SSSR count). The standard InChI is InChI=1S/C21H28N4/c1-14-11-16-15(2)13-21(3,4)24-19(16)12-17(14)18-7-8-22-20(23-18)25-9-5-6-10-25/h7-8,11-12,15,24H,5-6,9-10,13H2,1-4H3/t15-/m0/s1. The molecule has 1 aromatic heterocycles. The molecule has 1 fully saturated rings. The van der Waals surface area contributed by atoms with Gasteiger partial charge in [0.05, 0.1) is 5.69 Å². The van der Waals surface area contributed by atoms with E-state index < -0.39 is 0 Å². The Kier molecular flexibility index (Phi) is 3.94. The summed E-state index contributed by atoms with van der Waals surface area (Å²) in [6, 6.07) is 6.67. The van der Waals surface area contributed by atoms with E-state index in [2.05, 4.69) is 55.0 Å². The van der Waals surface area contributed by atoms with Gasteiger partial charge < -0.3 is 10.2 Å². The predicted octanol–water partition coefficient (Wildman–Crippen LogP) is 4.75. The normalized spacial score (nSPS) is 21.8. The number of hydrogen-bond donors (Lipinski definition) is 1. The van der Waals surface area contributed by atoms with Crippen molar-refractivity contribution in [3.8, 4) is 11.3 Å². The minimum atomic E-state index is 0.130. The Hall–Kier alpha value is -2.10. The first-order chi connectivity index (χ1) is 11.9. The molecule has 2 aliphatic rings. The summed E-state index contributed by atoms with van der Waals surface area (Å²) >= 11 is 0. The molecule has 4 nitrogen and oxygen atoms in total. The minimum Gasteiger partial charge on any atom is -0.380 e. The third kappa shape index (κ3) is 3.10. The van der Waals surface area contributed by atoms with Crippen molar-refractivity contribution in [1.82, 2.24) is 9.97 Å². The number of aryl methyl sites for hydroxylation is 1. The largest absolute Gasteiger partial charge is 0.380 e. The Labute approximate surface area is 150 Å². The Bertz CT molecular complexity index is 790. The van der Waals surface area contributed by atoms with Gasteiger partial charge in [-0.05, 0) is 69.2 Å². The van der Waals surface area contributed by atoms with E-state index in [1.54, 1.807) is 0 Å². The van der Waals surface area contributed by atoms with Gasteiger partial charge in [0.1, 0.15) is 0 Å². The molecule has 4 heteroatoms. The second-order valence-electron chi connectivity index (χ2n) is 8.30. The molecule has 0 bridgehead atoms.